The van der Waals surface area contributed by atoms with E-state index in [4.69, 9.17) is 4.42 Å². The lowest BCUT2D eigenvalue weighted by Gasteiger charge is -2.13. The summed E-state index contributed by atoms with van der Waals surface area (Å²) in [5.74, 6) is -3.21. The van der Waals surface area contributed by atoms with Crippen molar-refractivity contribution in [1.29, 1.82) is 0 Å². The van der Waals surface area contributed by atoms with Gasteiger partial charge >= 0.3 is 11.9 Å². The van der Waals surface area contributed by atoms with Crippen molar-refractivity contribution >= 4 is 30.0 Å². The predicted molar refractivity (Wildman–Crippen MR) is 105 cm³/mol. The molecule has 1 saturated heterocycles. The van der Waals surface area contributed by atoms with Crippen LogP contribution in [-0.2, 0) is 9.59 Å². The van der Waals surface area contributed by atoms with Crippen molar-refractivity contribution in [3.05, 3.63) is 59.4 Å². The van der Waals surface area contributed by atoms with Gasteiger partial charge in [-0.2, -0.15) is 10.1 Å². The highest BCUT2D eigenvalue weighted by Crippen LogP contribution is 2.52. The standard InChI is InChI=1S/C22H16N2O7/c25-19-17-10-1-2-11(5-10)18(17)20(26)24(19)23-9-15-3-4-16(31-15)12-6-13(21(27)28)8-14(7-12)22(29)30/h1-4,6-11,17-18H,5H2,(H,27,28)(H,29,30)/t10-,11-,17-,18+/m0/s1. The quantitative estimate of drug-likeness (QED) is 0.431. The number of hydrogen-bond acceptors (Lipinski definition) is 6. The zero-order valence-electron chi connectivity index (χ0n) is 16.0. The second kappa shape index (κ2) is 6.76. The summed E-state index contributed by atoms with van der Waals surface area (Å²) in [6.45, 7) is 0. The Bertz CT molecular complexity index is 1150. The van der Waals surface area contributed by atoms with Gasteiger partial charge in [0.25, 0.3) is 11.8 Å². The van der Waals surface area contributed by atoms with Crippen LogP contribution in [-0.4, -0.2) is 45.2 Å². The minimum Gasteiger partial charge on any atom is -0.478 e. The van der Waals surface area contributed by atoms with Gasteiger partial charge in [-0.1, -0.05) is 12.2 Å². The highest BCUT2D eigenvalue weighted by atomic mass is 16.4. The van der Waals surface area contributed by atoms with Crippen LogP contribution in [0.1, 0.15) is 32.9 Å². The molecule has 2 amide bonds. The molecule has 0 radical (unpaired) electrons. The first kappa shape index (κ1) is 19.0. The van der Waals surface area contributed by atoms with Gasteiger partial charge in [0.05, 0.1) is 29.2 Å². The van der Waals surface area contributed by atoms with Crippen LogP contribution in [0.2, 0.25) is 0 Å². The van der Waals surface area contributed by atoms with Crippen molar-refractivity contribution in [2.24, 2.45) is 28.8 Å². The molecule has 2 N–H and O–H groups in total. The maximum atomic E-state index is 12.7. The molecule has 1 aromatic heterocycles. The third kappa shape index (κ3) is 2.97. The third-order valence-electron chi connectivity index (χ3n) is 6.09. The van der Waals surface area contributed by atoms with E-state index in [-0.39, 0.29) is 63.7 Å². The van der Waals surface area contributed by atoms with Crippen LogP contribution in [0.5, 0.6) is 0 Å². The largest absolute Gasteiger partial charge is 0.478 e. The molecule has 5 rings (SSSR count). The summed E-state index contributed by atoms with van der Waals surface area (Å²) in [5, 5.41) is 23.4. The summed E-state index contributed by atoms with van der Waals surface area (Å²) in [6.07, 6.45) is 6.08. The van der Waals surface area contributed by atoms with E-state index in [9.17, 15) is 29.4 Å². The fourth-order valence-electron chi connectivity index (χ4n) is 4.71. The van der Waals surface area contributed by atoms with Gasteiger partial charge in [-0.3, -0.25) is 9.59 Å². The number of nitrogens with zero attached hydrogens (tertiary/aromatic N) is 2. The fraction of sp³-hybridized carbons (Fsp3) is 0.227. The number of carbonyl (C=O) groups is 4. The van der Waals surface area contributed by atoms with Gasteiger partial charge in [-0.25, -0.2) is 9.59 Å². The number of carboxylic acid groups (broad SMARTS) is 2. The number of imide groups is 1. The van der Waals surface area contributed by atoms with Gasteiger partial charge in [0.15, 0.2) is 0 Å². The van der Waals surface area contributed by atoms with E-state index < -0.39 is 11.9 Å². The van der Waals surface area contributed by atoms with Crippen molar-refractivity contribution in [3.8, 4) is 11.3 Å². The first-order valence-corrected chi connectivity index (χ1v) is 9.65. The smallest absolute Gasteiger partial charge is 0.335 e. The second-order valence-corrected chi connectivity index (χ2v) is 7.84. The van der Waals surface area contributed by atoms with Gasteiger partial charge in [0.2, 0.25) is 0 Å². The van der Waals surface area contributed by atoms with Crippen molar-refractivity contribution < 1.29 is 33.8 Å². The molecule has 2 aromatic rings. The van der Waals surface area contributed by atoms with E-state index in [0.29, 0.717) is 0 Å². The van der Waals surface area contributed by atoms with E-state index in [0.717, 1.165) is 17.5 Å². The number of allylic oxidation sites excluding steroid dienone is 2. The molecule has 1 saturated carbocycles. The van der Waals surface area contributed by atoms with Gasteiger partial charge in [0.1, 0.15) is 11.5 Å². The molecular weight excluding hydrogens is 404 g/mol. The van der Waals surface area contributed by atoms with Crippen LogP contribution in [0.3, 0.4) is 0 Å². The summed E-state index contributed by atoms with van der Waals surface area (Å²) < 4.78 is 5.62. The Labute approximate surface area is 175 Å². The van der Waals surface area contributed by atoms with Crippen molar-refractivity contribution in [2.45, 2.75) is 6.42 Å². The summed E-state index contributed by atoms with van der Waals surface area (Å²) in [6, 6.07) is 6.71. The average Bonchev–Trinajstić information content (AvgIpc) is 3.51. The number of carbonyl (C=O) groups excluding carboxylic acids is 2. The molecule has 0 spiro atoms. The van der Waals surface area contributed by atoms with E-state index in [2.05, 4.69) is 5.10 Å². The fourth-order valence-corrected chi connectivity index (χ4v) is 4.71. The second-order valence-electron chi connectivity index (χ2n) is 7.84. The summed E-state index contributed by atoms with van der Waals surface area (Å²) in [4.78, 5) is 47.9. The molecule has 1 aliphatic heterocycles. The van der Waals surface area contributed by atoms with E-state index in [1.54, 1.807) is 0 Å². The van der Waals surface area contributed by atoms with Crippen LogP contribution >= 0.6 is 0 Å². The Kier molecular flexibility index (Phi) is 4.14. The lowest BCUT2D eigenvalue weighted by molar-refractivity contribution is -0.140. The Morgan fingerprint density at radius 1 is 0.968 bits per heavy atom. The molecule has 2 fully saturated rings. The maximum Gasteiger partial charge on any atom is 0.335 e. The van der Waals surface area contributed by atoms with E-state index in [1.807, 2.05) is 12.2 Å². The summed E-state index contributed by atoms with van der Waals surface area (Å²) in [5.41, 5.74) is -0.114. The molecule has 2 heterocycles. The molecule has 2 bridgehead atoms. The zero-order valence-corrected chi connectivity index (χ0v) is 16.0. The number of benzene rings is 1. The van der Waals surface area contributed by atoms with Crippen molar-refractivity contribution in [3.63, 3.8) is 0 Å². The number of aromatic carboxylic acids is 2. The molecular formula is C22H16N2O7. The van der Waals surface area contributed by atoms with Crippen LogP contribution < -0.4 is 0 Å². The van der Waals surface area contributed by atoms with Crippen LogP contribution in [0, 0.1) is 23.7 Å². The highest BCUT2D eigenvalue weighted by molar-refractivity contribution is 6.06. The van der Waals surface area contributed by atoms with Crippen LogP contribution in [0.25, 0.3) is 11.3 Å². The molecule has 9 nitrogen and oxygen atoms in total. The number of fused-ring (bicyclic) bond motifs is 5. The number of hydrogen-bond donors (Lipinski definition) is 2. The summed E-state index contributed by atoms with van der Waals surface area (Å²) in [7, 11) is 0. The minimum atomic E-state index is -1.27. The van der Waals surface area contributed by atoms with Gasteiger partial charge in [-0.05, 0) is 48.6 Å². The Hall–Kier alpha value is -4.01. The highest BCUT2D eigenvalue weighted by Gasteiger charge is 2.59. The lowest BCUT2D eigenvalue weighted by Crippen LogP contribution is -2.28. The predicted octanol–water partition coefficient (Wildman–Crippen LogP) is 2.48. The molecule has 31 heavy (non-hydrogen) atoms. The van der Waals surface area contributed by atoms with Crippen LogP contribution in [0.4, 0.5) is 0 Å². The Morgan fingerprint density at radius 2 is 1.55 bits per heavy atom. The molecule has 2 aliphatic carbocycles. The lowest BCUT2D eigenvalue weighted by atomic mass is 9.85. The first-order chi connectivity index (χ1) is 14.8. The van der Waals surface area contributed by atoms with E-state index in [1.165, 1.54) is 30.5 Å². The first-order valence-electron chi connectivity index (χ1n) is 9.65. The molecule has 156 valence electrons. The number of carboxylic acids is 2. The molecule has 0 unspecified atom stereocenters. The van der Waals surface area contributed by atoms with Gasteiger partial charge in [0, 0.05) is 5.56 Å². The number of hydrazone groups is 1. The molecule has 9 heteroatoms. The van der Waals surface area contributed by atoms with Gasteiger partial charge < -0.3 is 14.6 Å². The Balaban J connectivity index is 1.39. The Morgan fingerprint density at radius 3 is 2.10 bits per heavy atom. The van der Waals surface area contributed by atoms with Crippen molar-refractivity contribution in [1.82, 2.24) is 5.01 Å². The normalized spacial score (nSPS) is 26.3. The van der Waals surface area contributed by atoms with Crippen LogP contribution in [0.15, 0.2) is 52.0 Å². The third-order valence-corrected chi connectivity index (χ3v) is 6.09. The zero-order chi connectivity index (χ0) is 21.9. The van der Waals surface area contributed by atoms with Crippen molar-refractivity contribution in [2.75, 3.05) is 0 Å². The molecule has 4 atom stereocenters. The molecule has 1 aromatic carbocycles. The average molecular weight is 420 g/mol. The molecule has 3 aliphatic rings. The minimum absolute atomic E-state index is 0.0896. The topological polar surface area (TPSA) is 137 Å². The number of rotatable bonds is 5. The summed E-state index contributed by atoms with van der Waals surface area (Å²) >= 11 is 0. The van der Waals surface area contributed by atoms with Gasteiger partial charge in [-0.15, -0.1) is 0 Å². The number of furan rings is 1. The maximum absolute atomic E-state index is 12.7. The van der Waals surface area contributed by atoms with E-state index >= 15 is 0 Å². The SMILES string of the molecule is O=C(O)c1cc(C(=O)O)cc(-c2ccc(C=NN3C(=O)[C@@H]4[C@H](C3=O)[C@H]3C=C[C@H]4C3)o2)c1. The number of amides is 2. The monoisotopic (exact) mass is 420 g/mol.